The fraction of sp³-hybridized carbons (Fsp3) is 0.647. The van der Waals surface area contributed by atoms with Crippen molar-refractivity contribution in [2.45, 2.75) is 51.4 Å². The minimum Gasteiger partial charge on any atom is -0.385 e. The average Bonchev–Trinajstić information content (AvgIpc) is 2.41. The molecule has 1 aromatic carbocycles. The van der Waals surface area contributed by atoms with E-state index in [-0.39, 0.29) is 0 Å². The van der Waals surface area contributed by atoms with Crippen LogP contribution >= 0.6 is 0 Å². The molecule has 1 aromatic rings. The van der Waals surface area contributed by atoms with Gasteiger partial charge in [-0.1, -0.05) is 57.0 Å². The summed E-state index contributed by atoms with van der Waals surface area (Å²) in [6, 6.07) is 11.1. The molecule has 1 aliphatic carbocycles. The molecule has 0 N–H and O–H groups in total. The highest BCUT2D eigenvalue weighted by molar-refractivity contribution is 5.28. The molecule has 2 atom stereocenters. The van der Waals surface area contributed by atoms with Crippen LogP contribution in [0.2, 0.25) is 0 Å². The molecule has 0 spiro atoms. The van der Waals surface area contributed by atoms with Crippen molar-refractivity contribution in [1.82, 2.24) is 0 Å². The molecular weight excluding hydrogens is 220 g/mol. The number of benzene rings is 1. The van der Waals surface area contributed by atoms with Crippen LogP contribution < -0.4 is 0 Å². The van der Waals surface area contributed by atoms with E-state index >= 15 is 0 Å². The number of hydrogen-bond acceptors (Lipinski definition) is 1. The van der Waals surface area contributed by atoms with Crippen molar-refractivity contribution in [3.63, 3.8) is 0 Å². The van der Waals surface area contributed by atoms with Gasteiger partial charge < -0.3 is 4.74 Å². The third kappa shape index (κ3) is 2.33. The molecule has 0 amide bonds. The van der Waals surface area contributed by atoms with E-state index in [2.05, 4.69) is 44.2 Å². The maximum atomic E-state index is 5.34. The second-order valence-corrected chi connectivity index (χ2v) is 6.21. The van der Waals surface area contributed by atoms with Crippen LogP contribution in [-0.2, 0) is 10.2 Å². The van der Waals surface area contributed by atoms with Gasteiger partial charge in [0.2, 0.25) is 0 Å². The number of hydrogen-bond donors (Lipinski definition) is 0. The van der Waals surface area contributed by atoms with Crippen molar-refractivity contribution in [3.05, 3.63) is 35.9 Å². The van der Waals surface area contributed by atoms with E-state index in [1.807, 2.05) is 7.11 Å². The predicted molar refractivity (Wildman–Crippen MR) is 76.9 cm³/mol. The van der Waals surface area contributed by atoms with Gasteiger partial charge in [-0.05, 0) is 35.7 Å². The summed E-state index contributed by atoms with van der Waals surface area (Å²) in [6.07, 6.45) is 6.50. The first-order chi connectivity index (χ1) is 8.62. The second-order valence-electron chi connectivity index (χ2n) is 6.21. The molecule has 18 heavy (non-hydrogen) atoms. The van der Waals surface area contributed by atoms with Crippen LogP contribution in [-0.4, -0.2) is 13.7 Å². The number of ether oxygens (including phenoxy) is 1. The number of rotatable bonds is 4. The standard InChI is InChI=1S/C17H26O/c1-16(13-14-18-3)11-7-8-12-17(16,2)15-9-5-4-6-10-15/h4-6,9-10H,7-8,11-14H2,1-3H3/t16-,17+/m0/s1. The SMILES string of the molecule is COCC[C@]1(C)CCCC[C@]1(C)c1ccccc1. The van der Waals surface area contributed by atoms with E-state index in [1.54, 1.807) is 0 Å². The molecule has 0 radical (unpaired) electrons. The molecule has 0 unspecified atom stereocenters. The lowest BCUT2D eigenvalue weighted by atomic mass is 9.54. The van der Waals surface area contributed by atoms with Gasteiger partial charge in [0, 0.05) is 13.7 Å². The van der Waals surface area contributed by atoms with Gasteiger partial charge in [0.25, 0.3) is 0 Å². The third-order valence-electron chi connectivity index (χ3n) is 5.26. The van der Waals surface area contributed by atoms with Crippen LogP contribution in [0.5, 0.6) is 0 Å². The summed E-state index contributed by atoms with van der Waals surface area (Å²) in [6.45, 7) is 5.79. The Labute approximate surface area is 112 Å². The summed E-state index contributed by atoms with van der Waals surface area (Å²) < 4.78 is 5.34. The molecule has 1 saturated carbocycles. The van der Waals surface area contributed by atoms with E-state index in [0.29, 0.717) is 10.8 Å². The van der Waals surface area contributed by atoms with Crippen molar-refractivity contribution in [1.29, 1.82) is 0 Å². The van der Waals surface area contributed by atoms with Crippen LogP contribution in [0.1, 0.15) is 51.5 Å². The fourth-order valence-electron chi connectivity index (χ4n) is 3.60. The van der Waals surface area contributed by atoms with Gasteiger partial charge in [0.05, 0.1) is 0 Å². The summed E-state index contributed by atoms with van der Waals surface area (Å²) in [5, 5.41) is 0. The van der Waals surface area contributed by atoms with Gasteiger partial charge in [-0.15, -0.1) is 0 Å². The molecule has 2 rings (SSSR count). The van der Waals surface area contributed by atoms with Gasteiger partial charge in [-0.25, -0.2) is 0 Å². The normalized spacial score (nSPS) is 32.4. The van der Waals surface area contributed by atoms with Crippen LogP contribution in [0, 0.1) is 5.41 Å². The largest absolute Gasteiger partial charge is 0.385 e. The Bertz CT molecular complexity index is 372. The predicted octanol–water partition coefficient (Wildman–Crippen LogP) is 4.56. The second kappa shape index (κ2) is 5.44. The molecule has 1 fully saturated rings. The molecular formula is C17H26O. The van der Waals surface area contributed by atoms with E-state index < -0.39 is 0 Å². The first-order valence-electron chi connectivity index (χ1n) is 7.17. The molecule has 0 aromatic heterocycles. The molecule has 1 aliphatic rings. The highest BCUT2D eigenvalue weighted by Gasteiger charge is 2.46. The monoisotopic (exact) mass is 246 g/mol. The van der Waals surface area contributed by atoms with E-state index in [1.165, 1.54) is 31.2 Å². The lowest BCUT2D eigenvalue weighted by Gasteiger charge is -2.51. The smallest absolute Gasteiger partial charge is 0.0467 e. The van der Waals surface area contributed by atoms with Crippen LogP contribution in [0.25, 0.3) is 0 Å². The topological polar surface area (TPSA) is 9.23 Å². The van der Waals surface area contributed by atoms with E-state index in [9.17, 15) is 0 Å². The van der Waals surface area contributed by atoms with Gasteiger partial charge in [0.1, 0.15) is 0 Å². The molecule has 1 nitrogen and oxygen atoms in total. The molecule has 1 heteroatoms. The minimum atomic E-state index is 0.297. The van der Waals surface area contributed by atoms with Gasteiger partial charge >= 0.3 is 0 Å². The first kappa shape index (κ1) is 13.6. The molecule has 0 saturated heterocycles. The maximum Gasteiger partial charge on any atom is 0.0467 e. The third-order valence-corrected chi connectivity index (χ3v) is 5.26. The number of methoxy groups -OCH3 is 1. The highest BCUT2D eigenvalue weighted by atomic mass is 16.5. The Kier molecular flexibility index (Phi) is 4.11. The molecule has 0 aliphatic heterocycles. The van der Waals surface area contributed by atoms with Gasteiger partial charge in [-0.3, -0.25) is 0 Å². The zero-order valence-electron chi connectivity index (χ0n) is 12.0. The highest BCUT2D eigenvalue weighted by Crippen LogP contribution is 2.53. The zero-order valence-corrected chi connectivity index (χ0v) is 12.0. The maximum absolute atomic E-state index is 5.34. The van der Waals surface area contributed by atoms with E-state index in [4.69, 9.17) is 4.74 Å². The Morgan fingerprint density at radius 1 is 1.06 bits per heavy atom. The summed E-state index contributed by atoms with van der Waals surface area (Å²) in [7, 11) is 1.81. The van der Waals surface area contributed by atoms with Gasteiger partial charge in [0.15, 0.2) is 0 Å². The van der Waals surface area contributed by atoms with Crippen molar-refractivity contribution in [2.75, 3.05) is 13.7 Å². The minimum absolute atomic E-state index is 0.297. The van der Waals surface area contributed by atoms with Crippen LogP contribution in [0.4, 0.5) is 0 Å². The van der Waals surface area contributed by atoms with Crippen molar-refractivity contribution in [2.24, 2.45) is 5.41 Å². The Hall–Kier alpha value is -0.820. The van der Waals surface area contributed by atoms with Crippen molar-refractivity contribution >= 4 is 0 Å². The molecule has 100 valence electrons. The lowest BCUT2D eigenvalue weighted by Crippen LogP contribution is -2.44. The molecule has 0 bridgehead atoms. The Balaban J connectivity index is 2.31. The van der Waals surface area contributed by atoms with E-state index in [0.717, 1.165) is 13.0 Å². The van der Waals surface area contributed by atoms with Gasteiger partial charge in [-0.2, -0.15) is 0 Å². The van der Waals surface area contributed by atoms with Crippen LogP contribution in [0.15, 0.2) is 30.3 Å². The van der Waals surface area contributed by atoms with Crippen LogP contribution in [0.3, 0.4) is 0 Å². The summed E-state index contributed by atoms with van der Waals surface area (Å²) in [5.74, 6) is 0. The van der Waals surface area contributed by atoms with Crippen molar-refractivity contribution < 1.29 is 4.74 Å². The zero-order chi connectivity index (χ0) is 13.1. The Morgan fingerprint density at radius 2 is 1.72 bits per heavy atom. The summed E-state index contributed by atoms with van der Waals surface area (Å²) >= 11 is 0. The average molecular weight is 246 g/mol. The lowest BCUT2D eigenvalue weighted by molar-refractivity contribution is 0.0450. The Morgan fingerprint density at radius 3 is 2.39 bits per heavy atom. The summed E-state index contributed by atoms with van der Waals surface area (Å²) in [5.41, 5.74) is 2.16. The molecule has 0 heterocycles. The first-order valence-corrected chi connectivity index (χ1v) is 7.17. The quantitative estimate of drug-likeness (QED) is 0.756. The summed E-state index contributed by atoms with van der Waals surface area (Å²) in [4.78, 5) is 0. The van der Waals surface area contributed by atoms with Crippen molar-refractivity contribution in [3.8, 4) is 0 Å². The fourth-order valence-corrected chi connectivity index (χ4v) is 3.60.